The molecule has 35 heavy (non-hydrogen) atoms. The molecular formula is C28H36FN3O3. The molecule has 2 heterocycles. The highest BCUT2D eigenvalue weighted by Crippen LogP contribution is 2.32. The lowest BCUT2D eigenvalue weighted by molar-refractivity contribution is 0.0324. The molecule has 1 aromatic heterocycles. The van der Waals surface area contributed by atoms with Gasteiger partial charge in [-0.15, -0.1) is 0 Å². The number of likely N-dealkylation sites (N-methyl/N-ethyl adjacent to an activating group) is 1. The first kappa shape index (κ1) is 25.3. The molecule has 1 amide bonds. The van der Waals surface area contributed by atoms with Crippen molar-refractivity contribution in [3.05, 3.63) is 65.1 Å². The van der Waals surface area contributed by atoms with Gasteiger partial charge in [-0.1, -0.05) is 31.2 Å². The summed E-state index contributed by atoms with van der Waals surface area (Å²) in [4.78, 5) is 22.0. The van der Waals surface area contributed by atoms with Crippen LogP contribution in [-0.4, -0.2) is 64.7 Å². The molecule has 0 bridgehead atoms. The van der Waals surface area contributed by atoms with Gasteiger partial charge in [0.25, 0.3) is 5.91 Å². The SMILES string of the molecule is C[C@@H]1CN([C@H](C)CO)C(=O)c2cc(C3=CCCCC3)cnc2O[C@H]1CN(C)Cc1ccccc1F. The maximum Gasteiger partial charge on any atom is 0.259 e. The van der Waals surface area contributed by atoms with Gasteiger partial charge in [-0.2, -0.15) is 0 Å². The van der Waals surface area contributed by atoms with Crippen LogP contribution in [0.5, 0.6) is 5.88 Å². The summed E-state index contributed by atoms with van der Waals surface area (Å²) in [5.41, 5.74) is 3.24. The van der Waals surface area contributed by atoms with Crippen molar-refractivity contribution >= 4 is 11.5 Å². The number of hydrogen-bond donors (Lipinski definition) is 1. The van der Waals surface area contributed by atoms with Crippen LogP contribution in [-0.2, 0) is 6.54 Å². The molecule has 0 saturated heterocycles. The third-order valence-electron chi connectivity index (χ3n) is 7.07. The molecule has 4 rings (SSSR count). The van der Waals surface area contributed by atoms with Crippen LogP contribution < -0.4 is 4.74 Å². The summed E-state index contributed by atoms with van der Waals surface area (Å²) in [7, 11) is 1.94. The lowest BCUT2D eigenvalue weighted by atomic mass is 9.93. The molecule has 1 N–H and O–H groups in total. The molecule has 2 aromatic rings. The van der Waals surface area contributed by atoms with Crippen LogP contribution in [0.3, 0.4) is 0 Å². The number of hydrogen-bond acceptors (Lipinski definition) is 5. The van der Waals surface area contributed by atoms with E-state index in [-0.39, 0.29) is 36.4 Å². The maximum absolute atomic E-state index is 14.2. The average Bonchev–Trinajstić information content (AvgIpc) is 2.87. The highest BCUT2D eigenvalue weighted by Gasteiger charge is 2.34. The van der Waals surface area contributed by atoms with E-state index in [0.717, 1.165) is 24.8 Å². The molecule has 6 nitrogen and oxygen atoms in total. The van der Waals surface area contributed by atoms with Gasteiger partial charge in [0.15, 0.2) is 0 Å². The summed E-state index contributed by atoms with van der Waals surface area (Å²) < 4.78 is 20.6. The van der Waals surface area contributed by atoms with E-state index >= 15 is 0 Å². The van der Waals surface area contributed by atoms with Gasteiger partial charge in [0.1, 0.15) is 17.5 Å². The number of aromatic nitrogens is 1. The van der Waals surface area contributed by atoms with Crippen molar-refractivity contribution in [2.45, 2.75) is 58.2 Å². The van der Waals surface area contributed by atoms with Crippen molar-refractivity contribution in [3.63, 3.8) is 0 Å². The van der Waals surface area contributed by atoms with Crippen molar-refractivity contribution in [3.8, 4) is 5.88 Å². The summed E-state index contributed by atoms with van der Waals surface area (Å²) in [6.45, 7) is 5.21. The predicted octanol–water partition coefficient (Wildman–Crippen LogP) is 4.53. The Morgan fingerprint density at radius 3 is 2.83 bits per heavy atom. The van der Waals surface area contributed by atoms with E-state index in [9.17, 15) is 14.3 Å². The Morgan fingerprint density at radius 2 is 2.11 bits per heavy atom. The molecule has 0 radical (unpaired) electrons. The monoisotopic (exact) mass is 481 g/mol. The summed E-state index contributed by atoms with van der Waals surface area (Å²) in [6, 6.07) is 8.35. The van der Waals surface area contributed by atoms with E-state index in [2.05, 4.69) is 11.1 Å². The van der Waals surface area contributed by atoms with Gasteiger partial charge in [-0.05, 0) is 62.9 Å². The number of aliphatic hydroxyl groups is 1. The molecular weight excluding hydrogens is 445 g/mol. The largest absolute Gasteiger partial charge is 0.472 e. The number of ether oxygens (including phenoxy) is 1. The fraction of sp³-hybridized carbons (Fsp3) is 0.500. The number of benzene rings is 1. The number of carbonyl (C=O) groups excluding carboxylic acids is 1. The van der Waals surface area contributed by atoms with E-state index in [0.29, 0.717) is 36.6 Å². The Bertz CT molecular complexity index is 1070. The molecule has 1 aliphatic carbocycles. The molecule has 0 unspecified atom stereocenters. The van der Waals surface area contributed by atoms with E-state index in [4.69, 9.17) is 4.74 Å². The number of fused-ring (bicyclic) bond motifs is 1. The number of aliphatic hydroxyl groups excluding tert-OH is 1. The topological polar surface area (TPSA) is 65.9 Å². The van der Waals surface area contributed by atoms with Gasteiger partial charge in [0.2, 0.25) is 5.88 Å². The van der Waals surface area contributed by atoms with Crippen LogP contribution in [0, 0.1) is 11.7 Å². The van der Waals surface area contributed by atoms with Gasteiger partial charge in [-0.3, -0.25) is 9.69 Å². The molecule has 7 heteroatoms. The van der Waals surface area contributed by atoms with Crippen molar-refractivity contribution in [2.24, 2.45) is 5.92 Å². The zero-order valence-electron chi connectivity index (χ0n) is 20.9. The number of halogens is 1. The molecule has 1 aliphatic heterocycles. The second kappa shape index (κ2) is 11.3. The first-order valence-corrected chi connectivity index (χ1v) is 12.6. The van der Waals surface area contributed by atoms with E-state index in [1.54, 1.807) is 23.2 Å². The quantitative estimate of drug-likeness (QED) is 0.630. The molecule has 0 fully saturated rings. The summed E-state index contributed by atoms with van der Waals surface area (Å²) in [5.74, 6) is -0.0961. The van der Waals surface area contributed by atoms with Crippen LogP contribution in [0.4, 0.5) is 4.39 Å². The van der Waals surface area contributed by atoms with Gasteiger partial charge in [0, 0.05) is 37.3 Å². The summed E-state index contributed by atoms with van der Waals surface area (Å²) in [6.07, 6.45) is 8.11. The van der Waals surface area contributed by atoms with Gasteiger partial charge in [-0.25, -0.2) is 9.37 Å². The Hall–Kier alpha value is -2.77. The van der Waals surface area contributed by atoms with Crippen LogP contribution in [0.1, 0.15) is 61.0 Å². The Kier molecular flexibility index (Phi) is 8.19. The lowest BCUT2D eigenvalue weighted by Gasteiger charge is -2.37. The Morgan fingerprint density at radius 1 is 1.31 bits per heavy atom. The van der Waals surface area contributed by atoms with Crippen LogP contribution in [0.25, 0.3) is 5.57 Å². The molecule has 1 aromatic carbocycles. The van der Waals surface area contributed by atoms with Crippen molar-refractivity contribution in [2.75, 3.05) is 26.7 Å². The number of amides is 1. The predicted molar refractivity (Wildman–Crippen MR) is 135 cm³/mol. The van der Waals surface area contributed by atoms with Crippen molar-refractivity contribution in [1.82, 2.24) is 14.8 Å². The highest BCUT2D eigenvalue weighted by molar-refractivity contribution is 5.97. The number of rotatable bonds is 7. The number of nitrogens with zero attached hydrogens (tertiary/aromatic N) is 3. The Balaban J connectivity index is 1.63. The van der Waals surface area contributed by atoms with Crippen molar-refractivity contribution in [1.29, 1.82) is 0 Å². The molecule has 3 atom stereocenters. The molecule has 0 spiro atoms. The summed E-state index contributed by atoms with van der Waals surface area (Å²) in [5, 5.41) is 9.87. The third kappa shape index (κ3) is 5.90. The first-order chi connectivity index (χ1) is 16.9. The number of carbonyl (C=O) groups is 1. The van der Waals surface area contributed by atoms with Crippen molar-refractivity contribution < 1.29 is 19.0 Å². The number of allylic oxidation sites excluding steroid dienone is 2. The maximum atomic E-state index is 14.2. The van der Waals surface area contributed by atoms with E-state index in [1.165, 1.54) is 18.1 Å². The van der Waals surface area contributed by atoms with Crippen LogP contribution >= 0.6 is 0 Å². The van der Waals surface area contributed by atoms with Crippen LogP contribution in [0.15, 0.2) is 42.6 Å². The standard InChI is InChI=1S/C28H36FN3O3/c1-19-15-32(20(2)18-33)28(34)24-13-23(21-9-5-4-6-10-21)14-30-27(24)35-26(19)17-31(3)16-22-11-7-8-12-25(22)29/h7-9,11-14,19-20,26,33H,4-6,10,15-18H2,1-3H3/t19-,20-,26+/m1/s1. The van der Waals surface area contributed by atoms with E-state index < -0.39 is 0 Å². The minimum Gasteiger partial charge on any atom is -0.472 e. The minimum atomic E-state index is -0.328. The molecule has 0 saturated carbocycles. The second-order valence-electron chi connectivity index (χ2n) is 9.96. The third-order valence-corrected chi connectivity index (χ3v) is 7.07. The van der Waals surface area contributed by atoms with Crippen LogP contribution in [0.2, 0.25) is 0 Å². The smallest absolute Gasteiger partial charge is 0.259 e. The highest BCUT2D eigenvalue weighted by atomic mass is 19.1. The number of pyridine rings is 1. The Labute approximate surface area is 207 Å². The minimum absolute atomic E-state index is 0.0216. The van der Waals surface area contributed by atoms with E-state index in [1.807, 2.05) is 37.9 Å². The molecule has 188 valence electrons. The fourth-order valence-corrected chi connectivity index (χ4v) is 4.89. The van der Waals surface area contributed by atoms with Gasteiger partial charge < -0.3 is 14.7 Å². The second-order valence-corrected chi connectivity index (χ2v) is 9.96. The first-order valence-electron chi connectivity index (χ1n) is 12.6. The zero-order valence-corrected chi connectivity index (χ0v) is 20.9. The zero-order chi connectivity index (χ0) is 24.9. The normalized spacial score (nSPS) is 21.6. The molecule has 2 aliphatic rings. The lowest BCUT2D eigenvalue weighted by Crippen LogP contribution is -2.49. The fourth-order valence-electron chi connectivity index (χ4n) is 4.89. The summed E-state index contributed by atoms with van der Waals surface area (Å²) >= 11 is 0. The van der Waals surface area contributed by atoms with Gasteiger partial charge >= 0.3 is 0 Å². The van der Waals surface area contributed by atoms with Gasteiger partial charge in [0.05, 0.1) is 12.6 Å². The average molecular weight is 482 g/mol.